The summed E-state index contributed by atoms with van der Waals surface area (Å²) in [6.45, 7) is 5.75. The molecule has 6 nitrogen and oxygen atoms in total. The van der Waals surface area contributed by atoms with Crippen LogP contribution < -0.4 is 10.1 Å². The van der Waals surface area contributed by atoms with Gasteiger partial charge in [0.05, 0.1) is 18.8 Å². The van der Waals surface area contributed by atoms with Crippen molar-refractivity contribution < 1.29 is 9.53 Å². The van der Waals surface area contributed by atoms with Crippen LogP contribution in [0.3, 0.4) is 0 Å². The number of nitrogens with one attached hydrogen (secondary N) is 1. The highest BCUT2D eigenvalue weighted by Gasteiger charge is 2.22. The quantitative estimate of drug-likeness (QED) is 0.488. The molecule has 1 atom stereocenters. The molecule has 0 bridgehead atoms. The number of rotatable bonds is 8. The normalized spacial score (nSPS) is 11.9. The number of carbonyl (C=O) groups excluding carboxylic acids is 1. The van der Waals surface area contributed by atoms with Gasteiger partial charge in [-0.05, 0) is 49.2 Å². The van der Waals surface area contributed by atoms with Crippen molar-refractivity contribution in [2.75, 3.05) is 7.11 Å². The van der Waals surface area contributed by atoms with E-state index in [-0.39, 0.29) is 11.9 Å². The average molecular weight is 445 g/mol. The Morgan fingerprint density at radius 1 is 1.27 bits per heavy atom. The van der Waals surface area contributed by atoms with Crippen LogP contribution in [-0.4, -0.2) is 27.8 Å². The number of carbonyl (C=O) groups is 1. The molecule has 0 spiro atoms. The number of nitrogens with zero attached hydrogens (tertiary/aromatic N) is 3. The molecule has 0 radical (unpaired) electrons. The Kier molecular flexibility index (Phi) is 7.39. The molecule has 0 aliphatic carbocycles. The van der Waals surface area contributed by atoms with E-state index in [9.17, 15) is 4.79 Å². The lowest BCUT2D eigenvalue weighted by Crippen LogP contribution is -2.28. The molecule has 8 heteroatoms. The second-order valence-corrected chi connectivity index (χ2v) is 8.27. The summed E-state index contributed by atoms with van der Waals surface area (Å²) in [5.41, 5.74) is 3.05. The second-order valence-electron chi connectivity index (χ2n) is 6.89. The molecule has 3 aromatic rings. The summed E-state index contributed by atoms with van der Waals surface area (Å²) in [7, 11) is 1.66. The first-order valence-corrected chi connectivity index (χ1v) is 11.1. The van der Waals surface area contributed by atoms with Crippen LogP contribution in [0.25, 0.3) is 5.69 Å². The molecule has 3 rings (SSSR count). The summed E-state index contributed by atoms with van der Waals surface area (Å²) in [4.78, 5) is 11.9. The molecule has 1 N–H and O–H groups in total. The first-order valence-electron chi connectivity index (χ1n) is 9.69. The third kappa shape index (κ3) is 5.15. The molecule has 30 heavy (non-hydrogen) atoms. The second kappa shape index (κ2) is 10.00. The Bertz CT molecular complexity index is 1040. The molecule has 0 fully saturated rings. The standard InChI is InChI=1S/C22H25ClN4O2S/c1-5-20(28)24-15(3)21-25-26-22(27(21)19-12-17(23)10-9-14(19)2)30-13-16-7-6-8-18(11-16)29-4/h6-12,15H,5,13H2,1-4H3,(H,24,28). The minimum Gasteiger partial charge on any atom is -0.497 e. The number of thioether (sulfide) groups is 1. The van der Waals surface area contributed by atoms with Gasteiger partial charge >= 0.3 is 0 Å². The monoisotopic (exact) mass is 444 g/mol. The number of methoxy groups -OCH3 is 1. The molecular formula is C22H25ClN4O2S. The maximum atomic E-state index is 11.9. The molecule has 2 aromatic carbocycles. The number of aromatic nitrogens is 3. The van der Waals surface area contributed by atoms with Gasteiger partial charge in [-0.25, -0.2) is 0 Å². The van der Waals surface area contributed by atoms with Crippen LogP contribution in [0.4, 0.5) is 0 Å². The van der Waals surface area contributed by atoms with Gasteiger partial charge < -0.3 is 10.1 Å². The lowest BCUT2D eigenvalue weighted by atomic mass is 10.2. The molecule has 1 unspecified atom stereocenters. The lowest BCUT2D eigenvalue weighted by molar-refractivity contribution is -0.121. The van der Waals surface area contributed by atoms with Gasteiger partial charge in [0.1, 0.15) is 5.75 Å². The molecule has 158 valence electrons. The van der Waals surface area contributed by atoms with Crippen LogP contribution in [0.5, 0.6) is 5.75 Å². The Morgan fingerprint density at radius 3 is 2.80 bits per heavy atom. The zero-order valence-electron chi connectivity index (χ0n) is 17.5. The van der Waals surface area contributed by atoms with Gasteiger partial charge in [-0.2, -0.15) is 0 Å². The van der Waals surface area contributed by atoms with Gasteiger partial charge in [0.25, 0.3) is 0 Å². The highest BCUT2D eigenvalue weighted by atomic mass is 35.5. The average Bonchev–Trinajstić information content (AvgIpc) is 3.17. The number of hydrogen-bond donors (Lipinski definition) is 1. The number of ether oxygens (including phenoxy) is 1. The molecule has 1 amide bonds. The van der Waals surface area contributed by atoms with E-state index < -0.39 is 0 Å². The van der Waals surface area contributed by atoms with Crippen LogP contribution in [0.2, 0.25) is 5.02 Å². The fraction of sp³-hybridized carbons (Fsp3) is 0.318. The molecule has 0 aliphatic heterocycles. The number of halogens is 1. The van der Waals surface area contributed by atoms with Crippen molar-refractivity contribution in [3.05, 3.63) is 64.4 Å². The number of hydrogen-bond acceptors (Lipinski definition) is 5. The van der Waals surface area contributed by atoms with Gasteiger partial charge in [-0.3, -0.25) is 9.36 Å². The summed E-state index contributed by atoms with van der Waals surface area (Å²) in [5.74, 6) is 2.14. The van der Waals surface area contributed by atoms with Gasteiger partial charge in [0.15, 0.2) is 11.0 Å². The fourth-order valence-corrected chi connectivity index (χ4v) is 4.08. The van der Waals surface area contributed by atoms with Crippen LogP contribution in [0, 0.1) is 6.92 Å². The molecule has 0 aliphatic rings. The van der Waals surface area contributed by atoms with Gasteiger partial charge in [0, 0.05) is 17.2 Å². The van der Waals surface area contributed by atoms with Gasteiger partial charge in [0.2, 0.25) is 5.91 Å². The fourth-order valence-electron chi connectivity index (χ4n) is 3.02. The van der Waals surface area contributed by atoms with E-state index in [4.69, 9.17) is 16.3 Å². The van der Waals surface area contributed by atoms with Crippen molar-refractivity contribution in [1.29, 1.82) is 0 Å². The number of aryl methyl sites for hydroxylation is 1. The van der Waals surface area contributed by atoms with E-state index in [0.717, 1.165) is 27.7 Å². The van der Waals surface area contributed by atoms with E-state index >= 15 is 0 Å². The Balaban J connectivity index is 1.98. The third-order valence-corrected chi connectivity index (χ3v) is 5.89. The van der Waals surface area contributed by atoms with Crippen molar-refractivity contribution in [3.63, 3.8) is 0 Å². The minimum absolute atomic E-state index is 0.0366. The largest absolute Gasteiger partial charge is 0.497 e. The summed E-state index contributed by atoms with van der Waals surface area (Å²) in [6, 6.07) is 13.4. The maximum Gasteiger partial charge on any atom is 0.220 e. The zero-order chi connectivity index (χ0) is 21.7. The van der Waals surface area contributed by atoms with E-state index in [1.165, 1.54) is 0 Å². The smallest absolute Gasteiger partial charge is 0.220 e. The molecule has 0 saturated carbocycles. The van der Waals surface area contributed by atoms with Crippen molar-refractivity contribution >= 4 is 29.3 Å². The maximum absolute atomic E-state index is 11.9. The van der Waals surface area contributed by atoms with Gasteiger partial charge in [-0.15, -0.1) is 10.2 Å². The van der Waals surface area contributed by atoms with Crippen LogP contribution >= 0.6 is 23.4 Å². The van der Waals surface area contributed by atoms with Crippen LogP contribution in [0.15, 0.2) is 47.6 Å². The first kappa shape index (κ1) is 22.2. The highest BCUT2D eigenvalue weighted by Crippen LogP contribution is 2.31. The predicted molar refractivity (Wildman–Crippen MR) is 121 cm³/mol. The van der Waals surface area contributed by atoms with Crippen molar-refractivity contribution in [2.45, 2.75) is 44.1 Å². The molecule has 0 saturated heterocycles. The lowest BCUT2D eigenvalue weighted by Gasteiger charge is -2.17. The summed E-state index contributed by atoms with van der Waals surface area (Å²) >= 11 is 7.86. The van der Waals surface area contributed by atoms with Gasteiger partial charge in [-0.1, -0.05) is 48.5 Å². The van der Waals surface area contributed by atoms with Crippen molar-refractivity contribution in [1.82, 2.24) is 20.1 Å². The highest BCUT2D eigenvalue weighted by molar-refractivity contribution is 7.98. The first-order chi connectivity index (χ1) is 14.4. The van der Waals surface area contributed by atoms with Crippen molar-refractivity contribution in [3.8, 4) is 11.4 Å². The third-order valence-electron chi connectivity index (χ3n) is 4.66. The molecule has 1 aromatic heterocycles. The zero-order valence-corrected chi connectivity index (χ0v) is 19.0. The topological polar surface area (TPSA) is 69.0 Å². The molecular weight excluding hydrogens is 420 g/mol. The SMILES string of the molecule is CCC(=O)NC(C)c1nnc(SCc2cccc(OC)c2)n1-c1cc(Cl)ccc1C. The van der Waals surface area contributed by atoms with E-state index in [1.807, 2.05) is 67.8 Å². The summed E-state index contributed by atoms with van der Waals surface area (Å²) in [5, 5.41) is 13.2. The molecule has 1 heterocycles. The van der Waals surface area contributed by atoms with Crippen LogP contribution in [-0.2, 0) is 10.5 Å². The summed E-state index contributed by atoms with van der Waals surface area (Å²) in [6.07, 6.45) is 0.409. The van der Waals surface area contributed by atoms with E-state index in [1.54, 1.807) is 18.9 Å². The Morgan fingerprint density at radius 2 is 2.07 bits per heavy atom. The van der Waals surface area contributed by atoms with E-state index in [2.05, 4.69) is 15.5 Å². The predicted octanol–water partition coefficient (Wildman–Crippen LogP) is 5.12. The number of amides is 1. The Hall–Kier alpha value is -2.51. The van der Waals surface area contributed by atoms with Crippen LogP contribution in [0.1, 0.15) is 43.3 Å². The van der Waals surface area contributed by atoms with E-state index in [0.29, 0.717) is 23.0 Å². The van der Waals surface area contributed by atoms with Crippen molar-refractivity contribution in [2.24, 2.45) is 0 Å². The Labute approximate surface area is 186 Å². The summed E-state index contributed by atoms with van der Waals surface area (Å²) < 4.78 is 7.29. The minimum atomic E-state index is -0.297. The number of benzene rings is 2.